The Kier molecular flexibility index (Phi) is 4.34. The molecule has 0 atom stereocenters. The Hall–Kier alpha value is -2.32. The van der Waals surface area contributed by atoms with Crippen molar-refractivity contribution in [2.24, 2.45) is 5.41 Å². The van der Waals surface area contributed by atoms with Gasteiger partial charge in [0.1, 0.15) is 17.7 Å². The number of benzene rings is 1. The summed E-state index contributed by atoms with van der Waals surface area (Å²) in [6.07, 6.45) is 1.14. The molecule has 8 heteroatoms. The van der Waals surface area contributed by atoms with Crippen LogP contribution >= 0.6 is 0 Å². The molecule has 2 heterocycles. The Morgan fingerprint density at radius 3 is 2.64 bits per heavy atom. The number of halogens is 1. The molecule has 0 amide bonds. The smallest absolute Gasteiger partial charge is 0.311 e. The van der Waals surface area contributed by atoms with Gasteiger partial charge in [0.15, 0.2) is 5.79 Å². The summed E-state index contributed by atoms with van der Waals surface area (Å²) in [7, 11) is 0. The van der Waals surface area contributed by atoms with Crippen molar-refractivity contribution in [3.63, 3.8) is 0 Å². The van der Waals surface area contributed by atoms with E-state index in [1.807, 2.05) is 20.8 Å². The fourth-order valence-corrected chi connectivity index (χ4v) is 2.66. The second-order valence-corrected chi connectivity index (χ2v) is 7.08. The molecule has 0 radical (unpaired) electrons. The van der Waals surface area contributed by atoms with Gasteiger partial charge in [-0.2, -0.15) is 0 Å². The molecule has 3 rings (SSSR count). The zero-order valence-electron chi connectivity index (χ0n) is 14.3. The lowest BCUT2D eigenvalue weighted by molar-refractivity contribution is -0.384. The number of anilines is 1. The molecule has 0 saturated carbocycles. The molecule has 1 N–H and O–H groups in total. The molecule has 1 aromatic carbocycles. The number of aromatic nitrogens is 1. The van der Waals surface area contributed by atoms with Crippen LogP contribution in [0.25, 0.3) is 10.9 Å². The second-order valence-electron chi connectivity index (χ2n) is 7.08. The third kappa shape index (κ3) is 3.69. The van der Waals surface area contributed by atoms with Gasteiger partial charge < -0.3 is 14.8 Å². The first kappa shape index (κ1) is 17.5. The molecule has 7 nitrogen and oxygen atoms in total. The van der Waals surface area contributed by atoms with Crippen LogP contribution in [-0.4, -0.2) is 35.5 Å². The summed E-state index contributed by atoms with van der Waals surface area (Å²) in [4.78, 5) is 14.8. The summed E-state index contributed by atoms with van der Waals surface area (Å²) in [6.45, 7) is 6.98. The standard InChI is InChI=1S/C17H20FN3O4/c1-16(2)24-9-17(3,10-25-16)8-20-15-12-5-4-11(18)6-13(12)19-7-14(15)21(22)23/h4-7H,8-10H2,1-3H3,(H,19,20). The van der Waals surface area contributed by atoms with Crippen molar-refractivity contribution in [1.29, 1.82) is 0 Å². The summed E-state index contributed by atoms with van der Waals surface area (Å²) in [5.74, 6) is -1.07. The van der Waals surface area contributed by atoms with Crippen LogP contribution in [0.1, 0.15) is 20.8 Å². The van der Waals surface area contributed by atoms with Crippen LogP contribution in [0.15, 0.2) is 24.4 Å². The first-order valence-electron chi connectivity index (χ1n) is 7.94. The van der Waals surface area contributed by atoms with Crippen LogP contribution in [-0.2, 0) is 9.47 Å². The zero-order valence-corrected chi connectivity index (χ0v) is 14.3. The highest BCUT2D eigenvalue weighted by Gasteiger charge is 2.37. The van der Waals surface area contributed by atoms with Gasteiger partial charge in [-0.3, -0.25) is 10.1 Å². The van der Waals surface area contributed by atoms with Crippen LogP contribution in [0.5, 0.6) is 0 Å². The van der Waals surface area contributed by atoms with Crippen molar-refractivity contribution in [3.8, 4) is 0 Å². The monoisotopic (exact) mass is 349 g/mol. The molecule has 1 saturated heterocycles. The highest BCUT2D eigenvalue weighted by Crippen LogP contribution is 2.34. The fraction of sp³-hybridized carbons (Fsp3) is 0.471. The first-order chi connectivity index (χ1) is 11.7. The van der Waals surface area contributed by atoms with Crippen molar-refractivity contribution in [2.45, 2.75) is 26.6 Å². The Balaban J connectivity index is 1.89. The minimum atomic E-state index is -0.633. The third-order valence-electron chi connectivity index (χ3n) is 4.24. The van der Waals surface area contributed by atoms with Gasteiger partial charge in [0.25, 0.3) is 0 Å². The van der Waals surface area contributed by atoms with Crippen molar-refractivity contribution in [2.75, 3.05) is 25.1 Å². The van der Waals surface area contributed by atoms with E-state index >= 15 is 0 Å². The molecule has 1 aromatic heterocycles. The summed E-state index contributed by atoms with van der Waals surface area (Å²) in [5.41, 5.74) is 0.177. The Bertz CT molecular complexity index is 815. The van der Waals surface area contributed by atoms with Crippen LogP contribution in [0.2, 0.25) is 0 Å². The number of nitrogens with zero attached hydrogens (tertiary/aromatic N) is 2. The van der Waals surface area contributed by atoms with E-state index in [1.165, 1.54) is 18.2 Å². The predicted molar refractivity (Wildman–Crippen MR) is 90.9 cm³/mol. The van der Waals surface area contributed by atoms with Gasteiger partial charge in [-0.15, -0.1) is 0 Å². The first-order valence-corrected chi connectivity index (χ1v) is 7.94. The summed E-state index contributed by atoms with van der Waals surface area (Å²) in [6, 6.07) is 4.00. The van der Waals surface area contributed by atoms with E-state index in [4.69, 9.17) is 9.47 Å². The highest BCUT2D eigenvalue weighted by atomic mass is 19.1. The van der Waals surface area contributed by atoms with E-state index in [9.17, 15) is 14.5 Å². The van der Waals surface area contributed by atoms with Crippen molar-refractivity contribution in [3.05, 3.63) is 40.3 Å². The number of fused-ring (bicyclic) bond motifs is 1. The minimum absolute atomic E-state index is 0.152. The third-order valence-corrected chi connectivity index (χ3v) is 4.24. The number of rotatable bonds is 4. The van der Waals surface area contributed by atoms with Gasteiger partial charge in [0.2, 0.25) is 0 Å². The number of hydrogen-bond acceptors (Lipinski definition) is 6. The topological polar surface area (TPSA) is 86.5 Å². The van der Waals surface area contributed by atoms with Gasteiger partial charge in [-0.1, -0.05) is 6.92 Å². The summed E-state index contributed by atoms with van der Waals surface area (Å²) >= 11 is 0. The van der Waals surface area contributed by atoms with Crippen molar-refractivity contribution in [1.82, 2.24) is 4.98 Å². The normalized spacial score (nSPS) is 18.9. The van der Waals surface area contributed by atoms with E-state index in [2.05, 4.69) is 10.3 Å². The second kappa shape index (κ2) is 6.20. The van der Waals surface area contributed by atoms with Crippen LogP contribution in [0.4, 0.5) is 15.8 Å². The minimum Gasteiger partial charge on any atom is -0.378 e. The molecule has 0 unspecified atom stereocenters. The van der Waals surface area contributed by atoms with Crippen molar-refractivity contribution < 1.29 is 18.8 Å². The molecule has 1 aliphatic heterocycles. The highest BCUT2D eigenvalue weighted by molar-refractivity contribution is 5.95. The lowest BCUT2D eigenvalue weighted by atomic mass is 9.91. The maximum Gasteiger partial charge on any atom is 0.311 e. The number of nitro groups is 1. The maximum absolute atomic E-state index is 13.4. The Morgan fingerprint density at radius 2 is 2.00 bits per heavy atom. The van der Waals surface area contributed by atoms with Crippen LogP contribution < -0.4 is 5.32 Å². The van der Waals surface area contributed by atoms with E-state index in [1.54, 1.807) is 0 Å². The molecular formula is C17H20FN3O4. The van der Waals surface area contributed by atoms with Crippen LogP contribution in [0.3, 0.4) is 0 Å². The molecule has 25 heavy (non-hydrogen) atoms. The number of pyridine rings is 1. The molecular weight excluding hydrogens is 329 g/mol. The number of ether oxygens (including phenoxy) is 2. The van der Waals surface area contributed by atoms with E-state index in [0.717, 1.165) is 6.20 Å². The molecule has 0 spiro atoms. The van der Waals surface area contributed by atoms with E-state index in [0.29, 0.717) is 36.3 Å². The van der Waals surface area contributed by atoms with Gasteiger partial charge in [0.05, 0.1) is 23.7 Å². The Morgan fingerprint density at radius 1 is 1.32 bits per heavy atom. The molecule has 1 aliphatic rings. The fourth-order valence-electron chi connectivity index (χ4n) is 2.66. The average molecular weight is 349 g/mol. The molecule has 0 bridgehead atoms. The summed E-state index contributed by atoms with van der Waals surface area (Å²) in [5, 5.41) is 15.0. The molecule has 0 aliphatic carbocycles. The zero-order chi connectivity index (χ0) is 18.2. The predicted octanol–water partition coefficient (Wildman–Crippen LogP) is 3.48. The maximum atomic E-state index is 13.4. The summed E-state index contributed by atoms with van der Waals surface area (Å²) < 4.78 is 24.8. The largest absolute Gasteiger partial charge is 0.378 e. The molecule has 134 valence electrons. The molecule has 1 fully saturated rings. The van der Waals surface area contributed by atoms with Gasteiger partial charge in [0, 0.05) is 23.4 Å². The SMILES string of the molecule is CC1(CNc2c([N+](=O)[O-])cnc3cc(F)ccc23)COC(C)(C)OC1. The number of hydrogen-bond donors (Lipinski definition) is 1. The van der Waals surface area contributed by atoms with Gasteiger partial charge >= 0.3 is 5.69 Å². The lowest BCUT2D eigenvalue weighted by Crippen LogP contribution is -2.48. The number of nitrogens with one attached hydrogen (secondary N) is 1. The van der Waals surface area contributed by atoms with Gasteiger partial charge in [-0.05, 0) is 26.0 Å². The average Bonchev–Trinajstić information content (AvgIpc) is 2.55. The van der Waals surface area contributed by atoms with Gasteiger partial charge in [-0.25, -0.2) is 9.37 Å². The van der Waals surface area contributed by atoms with Crippen LogP contribution in [0, 0.1) is 21.3 Å². The van der Waals surface area contributed by atoms with E-state index in [-0.39, 0.29) is 11.1 Å². The van der Waals surface area contributed by atoms with E-state index < -0.39 is 16.5 Å². The quantitative estimate of drug-likeness (QED) is 0.672. The molecule has 2 aromatic rings. The Labute approximate surface area is 144 Å². The van der Waals surface area contributed by atoms with Crippen molar-refractivity contribution >= 4 is 22.3 Å². The lowest BCUT2D eigenvalue weighted by Gasteiger charge is -2.41.